The van der Waals surface area contributed by atoms with Gasteiger partial charge in [-0.1, -0.05) is 39.0 Å². The van der Waals surface area contributed by atoms with E-state index in [0.29, 0.717) is 0 Å². The number of aromatic amines is 1. The fourth-order valence-electron chi connectivity index (χ4n) is 1.99. The van der Waals surface area contributed by atoms with Crippen molar-refractivity contribution >= 4 is 11.7 Å². The highest BCUT2D eigenvalue weighted by molar-refractivity contribution is 6.07. The van der Waals surface area contributed by atoms with Crippen LogP contribution in [0, 0.1) is 0 Å². The molecule has 0 unspecified atom stereocenters. The van der Waals surface area contributed by atoms with Crippen LogP contribution in [-0.2, 0) is 12.5 Å². The van der Waals surface area contributed by atoms with Crippen molar-refractivity contribution in [3.8, 4) is 0 Å². The second-order valence-corrected chi connectivity index (χ2v) is 5.93. The zero-order chi connectivity index (χ0) is 14.8. The smallest absolute Gasteiger partial charge is 0.251 e. The number of aliphatic imine (C=N–C) groups is 1. The summed E-state index contributed by atoms with van der Waals surface area (Å²) in [5, 5.41) is 6.75. The Morgan fingerprint density at radius 1 is 1.20 bits per heavy atom. The van der Waals surface area contributed by atoms with Crippen molar-refractivity contribution in [2.75, 3.05) is 12.4 Å². The van der Waals surface area contributed by atoms with E-state index in [1.54, 1.807) is 7.05 Å². The van der Waals surface area contributed by atoms with Gasteiger partial charge in [-0.25, -0.2) is 10.4 Å². The predicted molar refractivity (Wildman–Crippen MR) is 83.2 cm³/mol. The molecule has 0 spiro atoms. The molecule has 0 atom stereocenters. The number of hydrogen-bond acceptors (Lipinski definition) is 1. The molecule has 0 saturated heterocycles. The minimum Gasteiger partial charge on any atom is -0.251 e. The van der Waals surface area contributed by atoms with E-state index in [2.05, 4.69) is 42.2 Å². The van der Waals surface area contributed by atoms with Crippen LogP contribution < -0.4 is 10.00 Å². The van der Waals surface area contributed by atoms with Gasteiger partial charge in [0.15, 0.2) is 0 Å². The molecular formula is C16H23N4+. The summed E-state index contributed by atoms with van der Waals surface area (Å²) in [5.41, 5.74) is 2.35. The summed E-state index contributed by atoms with van der Waals surface area (Å²) in [6.07, 6.45) is 0. The highest BCUT2D eigenvalue weighted by atomic mass is 15.3. The number of nitrogens with zero attached hydrogens (tertiary/aromatic N) is 2. The standard InChI is InChI=1S/C16H22N4/c1-16(2,3)13-11-14(20(5)19-13)18-15(17-4)12-9-7-6-8-10-12/h6-11H,1-5H3,(H,17,18,19)/p+1. The van der Waals surface area contributed by atoms with E-state index in [1.165, 1.54) is 5.69 Å². The summed E-state index contributed by atoms with van der Waals surface area (Å²) in [5.74, 6) is 1.86. The number of amidine groups is 1. The van der Waals surface area contributed by atoms with Crippen LogP contribution in [0.4, 0.5) is 5.82 Å². The first-order valence-electron chi connectivity index (χ1n) is 6.80. The molecular weight excluding hydrogens is 248 g/mol. The van der Waals surface area contributed by atoms with E-state index in [9.17, 15) is 0 Å². The van der Waals surface area contributed by atoms with Gasteiger partial charge in [0.25, 0.3) is 0 Å². The molecule has 20 heavy (non-hydrogen) atoms. The molecule has 0 aliphatic heterocycles. The van der Waals surface area contributed by atoms with Crippen molar-refractivity contribution in [3.63, 3.8) is 0 Å². The van der Waals surface area contributed by atoms with Gasteiger partial charge in [-0.3, -0.25) is 4.99 Å². The van der Waals surface area contributed by atoms with E-state index in [4.69, 9.17) is 0 Å². The van der Waals surface area contributed by atoms with Gasteiger partial charge in [-0.2, -0.15) is 4.68 Å². The van der Waals surface area contributed by atoms with Crippen LogP contribution in [0.5, 0.6) is 0 Å². The summed E-state index contributed by atoms with van der Waals surface area (Å²) in [6, 6.07) is 12.3. The lowest BCUT2D eigenvalue weighted by Gasteiger charge is -2.13. The Morgan fingerprint density at radius 2 is 1.85 bits per heavy atom. The van der Waals surface area contributed by atoms with E-state index >= 15 is 0 Å². The number of anilines is 1. The summed E-state index contributed by atoms with van der Waals surface area (Å²) in [6.45, 7) is 6.57. The molecule has 0 bridgehead atoms. The van der Waals surface area contributed by atoms with Gasteiger partial charge in [-0.15, -0.1) is 0 Å². The Morgan fingerprint density at radius 3 is 2.35 bits per heavy atom. The first kappa shape index (κ1) is 14.3. The van der Waals surface area contributed by atoms with Crippen LogP contribution in [-0.4, -0.2) is 18.0 Å². The highest BCUT2D eigenvalue weighted by Gasteiger charge is 2.22. The van der Waals surface area contributed by atoms with E-state index in [-0.39, 0.29) is 5.41 Å². The molecule has 4 nitrogen and oxygen atoms in total. The molecule has 0 fully saturated rings. The summed E-state index contributed by atoms with van der Waals surface area (Å²) < 4.78 is 1.98. The largest absolute Gasteiger partial charge is 0.301 e. The molecule has 2 rings (SSSR count). The van der Waals surface area contributed by atoms with Gasteiger partial charge in [0, 0.05) is 18.0 Å². The van der Waals surface area contributed by atoms with Crippen LogP contribution >= 0.6 is 0 Å². The number of aryl methyl sites for hydroxylation is 1. The molecule has 0 aliphatic carbocycles. The summed E-state index contributed by atoms with van der Waals surface area (Å²) in [7, 11) is 3.79. The lowest BCUT2D eigenvalue weighted by molar-refractivity contribution is -0.713. The van der Waals surface area contributed by atoms with Gasteiger partial charge >= 0.3 is 5.82 Å². The van der Waals surface area contributed by atoms with E-state index < -0.39 is 0 Å². The number of nitrogens with one attached hydrogen (secondary N) is 2. The van der Waals surface area contributed by atoms with Crippen molar-refractivity contribution in [2.45, 2.75) is 26.2 Å². The maximum atomic E-state index is 4.34. The lowest BCUT2D eigenvalue weighted by atomic mass is 9.92. The third-order valence-corrected chi connectivity index (χ3v) is 3.26. The average molecular weight is 271 g/mol. The zero-order valence-corrected chi connectivity index (χ0v) is 12.9. The van der Waals surface area contributed by atoms with Gasteiger partial charge in [-0.05, 0) is 12.1 Å². The van der Waals surface area contributed by atoms with Crippen molar-refractivity contribution in [1.82, 2.24) is 5.10 Å². The zero-order valence-electron chi connectivity index (χ0n) is 12.9. The third-order valence-electron chi connectivity index (χ3n) is 3.26. The minimum atomic E-state index is 0.0912. The fourth-order valence-corrected chi connectivity index (χ4v) is 1.99. The average Bonchev–Trinajstić information content (AvgIpc) is 2.78. The van der Waals surface area contributed by atoms with Crippen molar-refractivity contribution in [2.24, 2.45) is 12.0 Å². The first-order valence-corrected chi connectivity index (χ1v) is 6.80. The molecule has 0 amide bonds. The van der Waals surface area contributed by atoms with Gasteiger partial charge in [0.1, 0.15) is 7.05 Å². The van der Waals surface area contributed by atoms with Crippen molar-refractivity contribution in [3.05, 3.63) is 47.7 Å². The van der Waals surface area contributed by atoms with Crippen LogP contribution in [0.15, 0.2) is 41.4 Å². The molecule has 1 aromatic carbocycles. The monoisotopic (exact) mass is 271 g/mol. The molecule has 2 aromatic rings. The molecule has 4 heteroatoms. The molecule has 1 heterocycles. The maximum absolute atomic E-state index is 4.34. The molecule has 0 radical (unpaired) electrons. The molecule has 2 N–H and O–H groups in total. The summed E-state index contributed by atoms with van der Waals surface area (Å²) in [4.78, 5) is 4.34. The Hall–Kier alpha value is -2.10. The highest BCUT2D eigenvalue weighted by Crippen LogP contribution is 2.21. The van der Waals surface area contributed by atoms with Gasteiger partial charge in [0.2, 0.25) is 5.84 Å². The summed E-state index contributed by atoms with van der Waals surface area (Å²) >= 11 is 0. The third kappa shape index (κ3) is 3.07. The van der Waals surface area contributed by atoms with Crippen molar-refractivity contribution < 1.29 is 4.68 Å². The van der Waals surface area contributed by atoms with Gasteiger partial charge < -0.3 is 0 Å². The second-order valence-electron chi connectivity index (χ2n) is 5.93. The Kier molecular flexibility index (Phi) is 3.93. The van der Waals surface area contributed by atoms with Gasteiger partial charge in [0.05, 0.1) is 11.8 Å². The number of hydrogen-bond donors (Lipinski definition) is 2. The lowest BCUT2D eigenvalue weighted by Crippen LogP contribution is -2.35. The SMILES string of the molecule is CN=C(Nc1cc(C(C)(C)C)[nH][n+]1C)c1ccccc1. The van der Waals surface area contributed by atoms with Crippen LogP contribution in [0.25, 0.3) is 0 Å². The van der Waals surface area contributed by atoms with Crippen LogP contribution in [0.3, 0.4) is 0 Å². The minimum absolute atomic E-state index is 0.0912. The predicted octanol–water partition coefficient (Wildman–Crippen LogP) is 2.63. The Bertz CT molecular complexity index is 603. The van der Waals surface area contributed by atoms with E-state index in [0.717, 1.165) is 17.2 Å². The normalized spacial score (nSPS) is 12.6. The topological polar surface area (TPSA) is 44.1 Å². The number of benzene rings is 1. The maximum Gasteiger partial charge on any atom is 0.301 e. The molecule has 0 saturated carbocycles. The molecule has 1 aromatic heterocycles. The Balaban J connectivity index is 2.28. The second kappa shape index (κ2) is 5.49. The van der Waals surface area contributed by atoms with Crippen LogP contribution in [0.1, 0.15) is 32.0 Å². The van der Waals surface area contributed by atoms with E-state index in [1.807, 2.05) is 42.1 Å². The Labute approximate surface area is 120 Å². The number of H-pyrrole nitrogens is 1. The first-order chi connectivity index (χ1) is 9.41. The quantitative estimate of drug-likeness (QED) is 0.492. The fraction of sp³-hybridized carbons (Fsp3) is 0.375. The number of aromatic nitrogens is 2. The molecule has 106 valence electrons. The molecule has 0 aliphatic rings. The number of rotatable bonds is 2. The van der Waals surface area contributed by atoms with Crippen molar-refractivity contribution in [1.29, 1.82) is 0 Å². The van der Waals surface area contributed by atoms with Crippen LogP contribution in [0.2, 0.25) is 0 Å².